The predicted octanol–water partition coefficient (Wildman–Crippen LogP) is 13.6. The van der Waals surface area contributed by atoms with Crippen LogP contribution in [0.3, 0.4) is 0 Å². The second-order valence-electron chi connectivity index (χ2n) is 13.3. The summed E-state index contributed by atoms with van der Waals surface area (Å²) in [6, 6.07) is 62.8. The summed E-state index contributed by atoms with van der Waals surface area (Å²) >= 11 is 0. The number of furan rings is 2. The monoisotopic (exact) mass is 651 g/mol. The third-order valence-electron chi connectivity index (χ3n) is 10.4. The first kappa shape index (κ1) is 28.0. The van der Waals surface area contributed by atoms with Crippen LogP contribution in [0.4, 0.5) is 0 Å². The summed E-state index contributed by atoms with van der Waals surface area (Å²) in [5.41, 5.74) is 14.2. The number of hydrogen-bond acceptors (Lipinski definition) is 2. The van der Waals surface area contributed by atoms with Crippen molar-refractivity contribution >= 4 is 65.7 Å². The maximum atomic E-state index is 6.15. The highest BCUT2D eigenvalue weighted by Crippen LogP contribution is 2.40. The summed E-state index contributed by atoms with van der Waals surface area (Å²) < 4.78 is 14.7. The van der Waals surface area contributed by atoms with E-state index in [-0.39, 0.29) is 0 Å². The Morgan fingerprint density at radius 1 is 0.275 bits per heavy atom. The Balaban J connectivity index is 1.11. The molecule has 0 aliphatic carbocycles. The zero-order chi connectivity index (χ0) is 33.5. The van der Waals surface area contributed by atoms with Gasteiger partial charge in [0, 0.05) is 38.0 Å². The predicted molar refractivity (Wildman–Crippen MR) is 212 cm³/mol. The molecule has 0 spiro atoms. The van der Waals surface area contributed by atoms with Gasteiger partial charge in [-0.2, -0.15) is 0 Å². The molecule has 11 rings (SSSR count). The van der Waals surface area contributed by atoms with Gasteiger partial charge in [-0.25, -0.2) is 0 Å². The lowest BCUT2D eigenvalue weighted by Crippen LogP contribution is -1.94. The van der Waals surface area contributed by atoms with Gasteiger partial charge in [0.2, 0.25) is 0 Å². The van der Waals surface area contributed by atoms with Gasteiger partial charge >= 0.3 is 0 Å². The summed E-state index contributed by atoms with van der Waals surface area (Å²) in [5.74, 6) is 0. The number of nitrogens with zero attached hydrogens (tertiary/aromatic N) is 1. The molecule has 51 heavy (non-hydrogen) atoms. The van der Waals surface area contributed by atoms with Gasteiger partial charge in [0.25, 0.3) is 0 Å². The Labute approximate surface area is 293 Å². The van der Waals surface area contributed by atoms with Crippen LogP contribution in [0.2, 0.25) is 0 Å². The van der Waals surface area contributed by atoms with Crippen LogP contribution in [0.25, 0.3) is 105 Å². The number of aromatic nitrogens is 1. The highest BCUT2D eigenvalue weighted by molar-refractivity contribution is 6.13. The van der Waals surface area contributed by atoms with Crippen LogP contribution in [-0.4, -0.2) is 4.57 Å². The molecule has 0 saturated carbocycles. The van der Waals surface area contributed by atoms with Crippen molar-refractivity contribution < 1.29 is 8.83 Å². The quantitative estimate of drug-likeness (QED) is 0.190. The Morgan fingerprint density at radius 2 is 0.667 bits per heavy atom. The summed E-state index contributed by atoms with van der Waals surface area (Å²) in [6.45, 7) is 0. The van der Waals surface area contributed by atoms with Crippen LogP contribution >= 0.6 is 0 Å². The van der Waals surface area contributed by atoms with Crippen molar-refractivity contribution in [2.24, 2.45) is 0 Å². The first-order chi connectivity index (χ1) is 25.2. The number of hydrogen-bond donors (Lipinski definition) is 0. The zero-order valence-corrected chi connectivity index (χ0v) is 27.5. The van der Waals surface area contributed by atoms with Gasteiger partial charge in [0.1, 0.15) is 22.3 Å². The van der Waals surface area contributed by atoms with E-state index in [1.54, 1.807) is 0 Å². The minimum atomic E-state index is 0.906. The van der Waals surface area contributed by atoms with Gasteiger partial charge in [-0.15, -0.1) is 0 Å². The molecule has 0 aliphatic heterocycles. The normalized spacial score (nSPS) is 11.9. The Morgan fingerprint density at radius 3 is 1.20 bits per heavy atom. The molecule has 3 aromatic heterocycles. The molecular weight excluding hydrogens is 623 g/mol. The lowest BCUT2D eigenvalue weighted by molar-refractivity contribution is 0.668. The first-order valence-corrected chi connectivity index (χ1v) is 17.3. The highest BCUT2D eigenvalue weighted by Gasteiger charge is 2.17. The van der Waals surface area contributed by atoms with Gasteiger partial charge in [-0.1, -0.05) is 103 Å². The number of rotatable bonds is 4. The van der Waals surface area contributed by atoms with Crippen molar-refractivity contribution in [1.29, 1.82) is 0 Å². The van der Waals surface area contributed by atoms with Gasteiger partial charge < -0.3 is 13.4 Å². The molecular formula is C48H29NO2. The summed E-state index contributed by atoms with van der Waals surface area (Å²) in [5, 5.41) is 6.96. The first-order valence-electron chi connectivity index (χ1n) is 17.3. The van der Waals surface area contributed by atoms with Crippen molar-refractivity contribution in [3.05, 3.63) is 176 Å². The molecule has 11 aromatic rings. The molecule has 0 radical (unpaired) electrons. The molecule has 3 nitrogen and oxygen atoms in total. The topological polar surface area (TPSA) is 31.2 Å². The smallest absolute Gasteiger partial charge is 0.135 e. The minimum absolute atomic E-state index is 0.906. The van der Waals surface area contributed by atoms with Gasteiger partial charge in [0.05, 0.1) is 11.0 Å². The van der Waals surface area contributed by atoms with E-state index in [2.05, 4.69) is 156 Å². The fraction of sp³-hybridized carbons (Fsp3) is 0. The number of fused-ring (bicyclic) bond motifs is 9. The molecule has 238 valence electrons. The van der Waals surface area contributed by atoms with Crippen molar-refractivity contribution in [3.8, 4) is 39.1 Å². The minimum Gasteiger partial charge on any atom is -0.456 e. The Hall–Kier alpha value is -6.84. The molecule has 0 unspecified atom stereocenters. The number of benzene rings is 8. The lowest BCUT2D eigenvalue weighted by atomic mass is 9.98. The molecule has 8 aromatic carbocycles. The summed E-state index contributed by atoms with van der Waals surface area (Å²) in [6.07, 6.45) is 0. The van der Waals surface area contributed by atoms with Crippen molar-refractivity contribution in [2.45, 2.75) is 0 Å². The van der Waals surface area contributed by atoms with Crippen molar-refractivity contribution in [1.82, 2.24) is 4.57 Å². The van der Waals surface area contributed by atoms with Crippen molar-refractivity contribution in [3.63, 3.8) is 0 Å². The third kappa shape index (κ3) is 4.38. The molecule has 0 fully saturated rings. The Bertz CT molecular complexity index is 2950. The van der Waals surface area contributed by atoms with Crippen LogP contribution < -0.4 is 0 Å². The van der Waals surface area contributed by atoms with Gasteiger partial charge in [-0.3, -0.25) is 0 Å². The largest absolute Gasteiger partial charge is 0.456 e. The van der Waals surface area contributed by atoms with Crippen LogP contribution in [-0.2, 0) is 0 Å². The van der Waals surface area contributed by atoms with Crippen LogP contribution in [0, 0.1) is 0 Å². The molecule has 3 heterocycles. The molecule has 3 heteroatoms. The molecule has 0 amide bonds. The highest BCUT2D eigenvalue weighted by atomic mass is 16.3. The van der Waals surface area contributed by atoms with Gasteiger partial charge in [-0.05, 0) is 106 Å². The number of para-hydroxylation sites is 2. The second-order valence-corrected chi connectivity index (χ2v) is 13.3. The fourth-order valence-electron chi connectivity index (χ4n) is 7.91. The third-order valence-corrected chi connectivity index (χ3v) is 10.4. The van der Waals surface area contributed by atoms with E-state index in [4.69, 9.17) is 8.83 Å². The summed E-state index contributed by atoms with van der Waals surface area (Å²) in [4.78, 5) is 0. The van der Waals surface area contributed by atoms with Gasteiger partial charge in [0.15, 0.2) is 0 Å². The van der Waals surface area contributed by atoms with E-state index in [9.17, 15) is 0 Å². The maximum Gasteiger partial charge on any atom is 0.135 e. The lowest BCUT2D eigenvalue weighted by Gasteiger charge is -2.10. The fourth-order valence-corrected chi connectivity index (χ4v) is 7.91. The molecule has 0 bridgehead atoms. The van der Waals surface area contributed by atoms with E-state index >= 15 is 0 Å². The van der Waals surface area contributed by atoms with Crippen LogP contribution in [0.5, 0.6) is 0 Å². The Kier molecular flexibility index (Phi) is 5.96. The van der Waals surface area contributed by atoms with E-state index in [1.165, 1.54) is 44.1 Å². The van der Waals surface area contributed by atoms with E-state index in [0.29, 0.717) is 0 Å². The molecule has 0 atom stereocenters. The molecule has 0 aliphatic rings. The van der Waals surface area contributed by atoms with E-state index in [1.807, 2.05) is 24.3 Å². The van der Waals surface area contributed by atoms with Crippen molar-refractivity contribution in [2.75, 3.05) is 0 Å². The zero-order valence-electron chi connectivity index (χ0n) is 27.5. The summed E-state index contributed by atoms with van der Waals surface area (Å²) in [7, 11) is 0. The average molecular weight is 652 g/mol. The average Bonchev–Trinajstić information content (AvgIpc) is 3.86. The maximum absolute atomic E-state index is 6.15. The van der Waals surface area contributed by atoms with E-state index < -0.39 is 0 Å². The van der Waals surface area contributed by atoms with Crippen LogP contribution in [0.15, 0.2) is 185 Å². The SMILES string of the molecule is c1ccc(-c2ccc(-n3c4ccc(-c5ccc6oc7ccccc7c6c5)cc4c4cc(-c5ccc6oc7ccccc7c6c5)ccc43)cc2)cc1. The molecule has 0 saturated heterocycles. The van der Waals surface area contributed by atoms with Crippen LogP contribution in [0.1, 0.15) is 0 Å². The molecule has 0 N–H and O–H groups in total. The second kappa shape index (κ2) is 10.8. The van der Waals surface area contributed by atoms with E-state index in [0.717, 1.165) is 60.7 Å². The standard InChI is InChI=1S/C48H29NO2/c1-2-8-30(9-3-1)31-14-20-36(21-15-31)49-43-22-16-32(34-18-24-47-41(28-34)37-10-4-6-12-45(37)50-47)26-39(43)40-27-33(17-23-44(40)49)35-19-25-48-42(29-35)38-11-5-7-13-46(38)51-48/h1-29H.